The van der Waals surface area contributed by atoms with Crippen LogP contribution in [0.4, 0.5) is 5.13 Å². The zero-order valence-electron chi connectivity index (χ0n) is 14.3. The van der Waals surface area contributed by atoms with Gasteiger partial charge in [0.2, 0.25) is 5.91 Å². The van der Waals surface area contributed by atoms with Crippen molar-refractivity contribution in [1.29, 1.82) is 0 Å². The molecule has 1 aliphatic rings. The number of hydrogen-bond acceptors (Lipinski definition) is 7. The molecule has 1 aliphatic heterocycles. The lowest BCUT2D eigenvalue weighted by molar-refractivity contribution is -0.115. The van der Waals surface area contributed by atoms with Gasteiger partial charge in [-0.3, -0.25) is 4.79 Å². The minimum atomic E-state index is -0.378. The van der Waals surface area contributed by atoms with Gasteiger partial charge >= 0.3 is 5.97 Å². The summed E-state index contributed by atoms with van der Waals surface area (Å²) in [6.07, 6.45) is 1.02. The molecule has 0 fully saturated rings. The summed E-state index contributed by atoms with van der Waals surface area (Å²) in [5.41, 5.74) is 1.77. The van der Waals surface area contributed by atoms with Gasteiger partial charge in [-0.1, -0.05) is 25.2 Å². The Balaban J connectivity index is 1.80. The normalized spacial score (nSPS) is 16.6. The monoisotopic (exact) mass is 396 g/mol. The summed E-state index contributed by atoms with van der Waals surface area (Å²) in [7, 11) is 0. The first-order valence-corrected chi connectivity index (χ1v) is 10.9. The number of nitrogens with zero attached hydrogens (tertiary/aromatic N) is 1. The third-order valence-corrected chi connectivity index (χ3v) is 7.01. The number of aryl methyl sites for hydroxylation is 1. The number of thiazole rings is 1. The maximum atomic E-state index is 12.7. The molecule has 134 valence electrons. The van der Waals surface area contributed by atoms with Crippen LogP contribution in [0.25, 0.3) is 0 Å². The first kappa shape index (κ1) is 18.4. The van der Waals surface area contributed by atoms with Crippen molar-refractivity contribution < 1.29 is 14.3 Å². The van der Waals surface area contributed by atoms with Crippen LogP contribution < -0.4 is 5.32 Å². The van der Waals surface area contributed by atoms with E-state index >= 15 is 0 Å². The molecule has 1 N–H and O–H groups in total. The number of amides is 1. The van der Waals surface area contributed by atoms with Crippen molar-refractivity contribution in [1.82, 2.24) is 4.98 Å². The highest BCUT2D eigenvalue weighted by Crippen LogP contribution is 2.40. The largest absolute Gasteiger partial charge is 0.462 e. The predicted molar refractivity (Wildman–Crippen MR) is 104 cm³/mol. The molecule has 0 unspecified atom stereocenters. The third-order valence-electron chi connectivity index (χ3n) is 3.81. The summed E-state index contributed by atoms with van der Waals surface area (Å²) in [5, 5.41) is 5.18. The average Bonchev–Trinajstić information content (AvgIpc) is 3.21. The van der Waals surface area contributed by atoms with E-state index in [1.54, 1.807) is 30.0 Å². The molecule has 0 aliphatic carbocycles. The Morgan fingerprint density at radius 2 is 2.24 bits per heavy atom. The summed E-state index contributed by atoms with van der Waals surface area (Å²) in [6.45, 7) is 6.03. The predicted octanol–water partition coefficient (Wildman–Crippen LogP) is 4.47. The van der Waals surface area contributed by atoms with Gasteiger partial charge in [0.15, 0.2) is 5.13 Å². The highest BCUT2D eigenvalue weighted by atomic mass is 32.2. The maximum Gasteiger partial charge on any atom is 0.350 e. The number of nitrogens with one attached hydrogen (secondary N) is 1. The molecule has 0 saturated heterocycles. The summed E-state index contributed by atoms with van der Waals surface area (Å²) in [6, 6.07) is 2.03. The number of fused-ring (bicyclic) bond motifs is 1. The van der Waals surface area contributed by atoms with Crippen molar-refractivity contribution >= 4 is 51.4 Å². The van der Waals surface area contributed by atoms with E-state index in [1.165, 1.54) is 16.2 Å². The van der Waals surface area contributed by atoms with Crippen LogP contribution in [0.15, 0.2) is 11.4 Å². The Labute approximate surface area is 159 Å². The number of anilines is 1. The zero-order valence-corrected chi connectivity index (χ0v) is 16.8. The van der Waals surface area contributed by atoms with Gasteiger partial charge in [-0.05, 0) is 42.0 Å². The lowest BCUT2D eigenvalue weighted by Crippen LogP contribution is -2.22. The Bertz CT molecular complexity index is 782. The second kappa shape index (κ2) is 7.88. The number of thioether (sulfide) groups is 1. The van der Waals surface area contributed by atoms with Crippen LogP contribution in [0.5, 0.6) is 0 Å². The Morgan fingerprint density at radius 3 is 2.96 bits per heavy atom. The van der Waals surface area contributed by atoms with Crippen LogP contribution in [-0.4, -0.2) is 29.2 Å². The molecule has 0 aromatic carbocycles. The number of aromatic nitrogens is 1. The molecule has 0 saturated carbocycles. The summed E-state index contributed by atoms with van der Waals surface area (Å²) in [5.74, 6) is 0.559. The minimum absolute atomic E-state index is 0.0776. The number of hydrogen-bond donors (Lipinski definition) is 1. The molecule has 0 spiro atoms. The van der Waals surface area contributed by atoms with Crippen molar-refractivity contribution in [2.45, 2.75) is 38.4 Å². The number of ether oxygens (including phenoxy) is 1. The van der Waals surface area contributed by atoms with Gasteiger partial charge in [-0.25, -0.2) is 9.78 Å². The van der Waals surface area contributed by atoms with Gasteiger partial charge < -0.3 is 10.1 Å². The van der Waals surface area contributed by atoms with Gasteiger partial charge in [0.25, 0.3) is 0 Å². The van der Waals surface area contributed by atoms with Gasteiger partial charge in [-0.15, -0.1) is 23.1 Å². The third kappa shape index (κ3) is 3.91. The number of thiophene rings is 1. The van der Waals surface area contributed by atoms with E-state index in [9.17, 15) is 9.59 Å². The fraction of sp³-hybridized carbons (Fsp3) is 0.471. The van der Waals surface area contributed by atoms with E-state index in [-0.39, 0.29) is 23.0 Å². The number of rotatable bonds is 5. The molecule has 3 heterocycles. The van der Waals surface area contributed by atoms with E-state index in [2.05, 4.69) is 10.3 Å². The average molecular weight is 397 g/mol. The van der Waals surface area contributed by atoms with Crippen LogP contribution in [0.3, 0.4) is 0 Å². The molecular formula is C17H20N2O3S3. The Hall–Kier alpha value is -1.38. The summed E-state index contributed by atoms with van der Waals surface area (Å²) >= 11 is 4.54. The molecule has 3 rings (SSSR count). The molecule has 2 aromatic rings. The van der Waals surface area contributed by atoms with E-state index in [1.807, 2.05) is 25.3 Å². The SMILES string of the molecule is CCOC(=O)c1sc(NC(=O)[C@H]2SCCc3sccc32)nc1C(C)C. The van der Waals surface area contributed by atoms with E-state index < -0.39 is 0 Å². The van der Waals surface area contributed by atoms with Crippen LogP contribution >= 0.6 is 34.4 Å². The molecule has 5 nitrogen and oxygen atoms in total. The van der Waals surface area contributed by atoms with Crippen LogP contribution in [0, 0.1) is 0 Å². The van der Waals surface area contributed by atoms with Crippen LogP contribution in [0.2, 0.25) is 0 Å². The van der Waals surface area contributed by atoms with Gasteiger partial charge in [0.1, 0.15) is 10.1 Å². The molecule has 8 heteroatoms. The summed E-state index contributed by atoms with van der Waals surface area (Å²) in [4.78, 5) is 31.1. The minimum Gasteiger partial charge on any atom is -0.462 e. The second-order valence-corrected chi connectivity index (χ2v) is 9.11. The first-order chi connectivity index (χ1) is 12.0. The highest BCUT2D eigenvalue weighted by Gasteiger charge is 2.29. The van der Waals surface area contributed by atoms with Crippen molar-refractivity contribution in [3.05, 3.63) is 32.5 Å². The van der Waals surface area contributed by atoms with Crippen molar-refractivity contribution in [3.8, 4) is 0 Å². The smallest absolute Gasteiger partial charge is 0.350 e. The van der Waals surface area contributed by atoms with Crippen molar-refractivity contribution in [2.24, 2.45) is 0 Å². The molecule has 2 aromatic heterocycles. The quantitative estimate of drug-likeness (QED) is 0.755. The number of carbonyl (C=O) groups excluding carboxylic acids is 2. The molecule has 1 amide bonds. The second-order valence-electron chi connectivity index (χ2n) is 5.90. The van der Waals surface area contributed by atoms with E-state index in [0.717, 1.165) is 17.7 Å². The van der Waals surface area contributed by atoms with E-state index in [4.69, 9.17) is 4.74 Å². The topological polar surface area (TPSA) is 68.3 Å². The number of carbonyl (C=O) groups is 2. The van der Waals surface area contributed by atoms with Gasteiger partial charge in [-0.2, -0.15) is 0 Å². The standard InChI is InChI=1S/C17H20N2O3S3/c1-4-22-16(21)14-12(9(2)3)18-17(25-14)19-15(20)13-10-5-7-23-11(10)6-8-24-13/h5,7,9,13H,4,6,8H2,1-3H3,(H,18,19,20)/t13-/m0/s1. The highest BCUT2D eigenvalue weighted by molar-refractivity contribution is 8.00. The van der Waals surface area contributed by atoms with Crippen LogP contribution in [-0.2, 0) is 16.0 Å². The van der Waals surface area contributed by atoms with Crippen molar-refractivity contribution in [2.75, 3.05) is 17.7 Å². The summed E-state index contributed by atoms with van der Waals surface area (Å²) < 4.78 is 5.11. The van der Waals surface area contributed by atoms with Crippen molar-refractivity contribution in [3.63, 3.8) is 0 Å². The molecule has 1 atom stereocenters. The first-order valence-electron chi connectivity index (χ1n) is 8.17. The maximum absolute atomic E-state index is 12.7. The lowest BCUT2D eigenvalue weighted by Gasteiger charge is -2.20. The zero-order chi connectivity index (χ0) is 18.0. The lowest BCUT2D eigenvalue weighted by atomic mass is 10.1. The number of esters is 1. The van der Waals surface area contributed by atoms with Gasteiger partial charge in [0.05, 0.1) is 12.3 Å². The van der Waals surface area contributed by atoms with Crippen LogP contribution in [0.1, 0.15) is 57.7 Å². The fourth-order valence-corrected chi connectivity index (χ4v) is 5.96. The van der Waals surface area contributed by atoms with Gasteiger partial charge in [0, 0.05) is 4.88 Å². The Morgan fingerprint density at radius 1 is 1.44 bits per heavy atom. The fourth-order valence-electron chi connectivity index (χ4n) is 2.65. The molecule has 25 heavy (non-hydrogen) atoms. The molecule has 0 radical (unpaired) electrons. The Kier molecular flexibility index (Phi) is 5.81. The van der Waals surface area contributed by atoms with E-state index in [0.29, 0.717) is 22.3 Å². The molecule has 0 bridgehead atoms. The molecular weight excluding hydrogens is 376 g/mol.